The van der Waals surface area contributed by atoms with Gasteiger partial charge in [0.05, 0.1) is 0 Å². The van der Waals surface area contributed by atoms with E-state index < -0.39 is 0 Å². The number of rotatable bonds is 6. The van der Waals surface area contributed by atoms with Crippen LogP contribution in [0.2, 0.25) is 0 Å². The Morgan fingerprint density at radius 1 is 1.24 bits per heavy atom. The van der Waals surface area contributed by atoms with Gasteiger partial charge in [0.15, 0.2) is 11.5 Å². The molecule has 1 aromatic rings. The van der Waals surface area contributed by atoms with Crippen molar-refractivity contribution in [3.05, 3.63) is 23.8 Å². The van der Waals surface area contributed by atoms with Crippen molar-refractivity contribution in [1.82, 2.24) is 10.2 Å². The van der Waals surface area contributed by atoms with Crippen molar-refractivity contribution in [2.45, 2.75) is 32.7 Å². The van der Waals surface area contributed by atoms with Crippen molar-refractivity contribution < 1.29 is 14.3 Å². The van der Waals surface area contributed by atoms with E-state index in [-0.39, 0.29) is 6.03 Å². The molecule has 0 aliphatic carbocycles. The highest BCUT2D eigenvalue weighted by atomic mass is 16.6. The van der Waals surface area contributed by atoms with Crippen LogP contribution in [0.25, 0.3) is 0 Å². The van der Waals surface area contributed by atoms with Crippen LogP contribution in [0, 0.1) is 0 Å². The Hall–Kier alpha value is -1.91. The number of ether oxygens (including phenoxy) is 2. The van der Waals surface area contributed by atoms with Gasteiger partial charge in [-0.1, -0.05) is 25.8 Å². The van der Waals surface area contributed by atoms with Crippen LogP contribution < -0.4 is 14.8 Å². The van der Waals surface area contributed by atoms with Crippen LogP contribution in [0.3, 0.4) is 0 Å². The van der Waals surface area contributed by atoms with Crippen LogP contribution in [-0.2, 0) is 6.54 Å². The maximum Gasteiger partial charge on any atom is 0.317 e. The molecule has 1 heterocycles. The summed E-state index contributed by atoms with van der Waals surface area (Å²) in [5.41, 5.74) is 1.03. The third kappa shape index (κ3) is 4.55. The molecule has 5 heteroatoms. The predicted molar refractivity (Wildman–Crippen MR) is 81.8 cm³/mol. The Kier molecular flexibility index (Phi) is 5.72. The van der Waals surface area contributed by atoms with E-state index in [9.17, 15) is 4.79 Å². The topological polar surface area (TPSA) is 50.8 Å². The lowest BCUT2D eigenvalue weighted by Gasteiger charge is -2.21. The van der Waals surface area contributed by atoms with Gasteiger partial charge in [0.25, 0.3) is 0 Å². The first-order valence-corrected chi connectivity index (χ1v) is 7.58. The van der Waals surface area contributed by atoms with Gasteiger partial charge in [-0.05, 0) is 24.1 Å². The lowest BCUT2D eigenvalue weighted by molar-refractivity contribution is 0.171. The molecule has 0 atom stereocenters. The Morgan fingerprint density at radius 3 is 2.76 bits per heavy atom. The molecule has 2 rings (SSSR count). The Bertz CT molecular complexity index is 477. The summed E-state index contributed by atoms with van der Waals surface area (Å²) < 4.78 is 11.0. The number of urea groups is 1. The second-order valence-corrected chi connectivity index (χ2v) is 5.27. The Balaban J connectivity index is 1.84. The summed E-state index contributed by atoms with van der Waals surface area (Å²) in [6.07, 6.45) is 3.33. The van der Waals surface area contributed by atoms with Crippen molar-refractivity contribution in [3.8, 4) is 11.5 Å². The fraction of sp³-hybridized carbons (Fsp3) is 0.562. The largest absolute Gasteiger partial charge is 0.486 e. The van der Waals surface area contributed by atoms with Gasteiger partial charge in [0, 0.05) is 20.1 Å². The van der Waals surface area contributed by atoms with Crippen LogP contribution in [0.1, 0.15) is 31.7 Å². The second-order valence-electron chi connectivity index (χ2n) is 5.27. The second kappa shape index (κ2) is 7.76. The Morgan fingerprint density at radius 2 is 2.00 bits per heavy atom. The highest BCUT2D eigenvalue weighted by molar-refractivity contribution is 5.73. The molecule has 116 valence electrons. The van der Waals surface area contributed by atoms with Crippen LogP contribution >= 0.6 is 0 Å². The Labute approximate surface area is 126 Å². The van der Waals surface area contributed by atoms with Gasteiger partial charge in [0.2, 0.25) is 0 Å². The van der Waals surface area contributed by atoms with E-state index in [1.165, 1.54) is 0 Å². The van der Waals surface area contributed by atoms with Crippen molar-refractivity contribution >= 4 is 6.03 Å². The summed E-state index contributed by atoms with van der Waals surface area (Å²) in [6.45, 7) is 4.60. The molecule has 5 nitrogen and oxygen atoms in total. The molecule has 2 amide bonds. The van der Waals surface area contributed by atoms with Gasteiger partial charge in [-0.15, -0.1) is 0 Å². The monoisotopic (exact) mass is 292 g/mol. The van der Waals surface area contributed by atoms with E-state index >= 15 is 0 Å². The van der Waals surface area contributed by atoms with Crippen LogP contribution in [0.5, 0.6) is 11.5 Å². The average molecular weight is 292 g/mol. The minimum absolute atomic E-state index is 0.0407. The quantitative estimate of drug-likeness (QED) is 0.820. The van der Waals surface area contributed by atoms with Gasteiger partial charge >= 0.3 is 6.03 Å². The lowest BCUT2D eigenvalue weighted by Crippen LogP contribution is -2.37. The summed E-state index contributed by atoms with van der Waals surface area (Å²) in [5, 5.41) is 2.93. The van der Waals surface area contributed by atoms with Crippen molar-refractivity contribution in [3.63, 3.8) is 0 Å². The minimum Gasteiger partial charge on any atom is -0.486 e. The van der Waals surface area contributed by atoms with Gasteiger partial charge in [-0.25, -0.2) is 4.79 Å². The standard InChI is InChI=1S/C16H24N2O3/c1-3-4-5-8-17-16(19)18(2)12-13-6-7-14-15(11-13)21-10-9-20-14/h6-7,11H,3-5,8-10,12H2,1-2H3,(H,17,19). The fourth-order valence-corrected chi connectivity index (χ4v) is 2.24. The van der Waals surface area contributed by atoms with E-state index in [0.29, 0.717) is 19.8 Å². The van der Waals surface area contributed by atoms with E-state index in [0.717, 1.165) is 42.9 Å². The number of carbonyl (C=O) groups is 1. The smallest absolute Gasteiger partial charge is 0.317 e. The zero-order chi connectivity index (χ0) is 15.1. The maximum absolute atomic E-state index is 12.0. The summed E-state index contributed by atoms with van der Waals surface area (Å²) in [4.78, 5) is 13.6. The molecule has 0 saturated heterocycles. The molecule has 1 N–H and O–H groups in total. The molecule has 0 unspecified atom stereocenters. The molecule has 0 saturated carbocycles. The number of benzene rings is 1. The van der Waals surface area contributed by atoms with E-state index in [2.05, 4.69) is 12.2 Å². The van der Waals surface area contributed by atoms with Gasteiger partial charge in [-0.2, -0.15) is 0 Å². The molecule has 0 bridgehead atoms. The first-order chi connectivity index (χ1) is 10.2. The molecule has 1 aromatic carbocycles. The number of carbonyl (C=O) groups excluding carboxylic acids is 1. The first kappa shape index (κ1) is 15.5. The molecule has 21 heavy (non-hydrogen) atoms. The number of hydrogen-bond donors (Lipinski definition) is 1. The van der Waals surface area contributed by atoms with E-state index in [4.69, 9.17) is 9.47 Å². The normalized spacial score (nSPS) is 12.9. The van der Waals surface area contributed by atoms with Crippen LogP contribution in [0.15, 0.2) is 18.2 Å². The lowest BCUT2D eigenvalue weighted by atomic mass is 10.2. The molecular formula is C16H24N2O3. The SMILES string of the molecule is CCCCCNC(=O)N(C)Cc1ccc2c(c1)OCCO2. The zero-order valence-electron chi connectivity index (χ0n) is 12.9. The number of nitrogens with one attached hydrogen (secondary N) is 1. The third-order valence-electron chi connectivity index (χ3n) is 3.43. The van der Waals surface area contributed by atoms with Crippen molar-refractivity contribution in [2.75, 3.05) is 26.8 Å². The van der Waals surface area contributed by atoms with Crippen LogP contribution in [-0.4, -0.2) is 37.7 Å². The van der Waals surface area contributed by atoms with Crippen LogP contribution in [0.4, 0.5) is 4.79 Å². The summed E-state index contributed by atoms with van der Waals surface area (Å²) in [7, 11) is 1.80. The maximum atomic E-state index is 12.0. The van der Waals surface area contributed by atoms with Gasteiger partial charge < -0.3 is 19.7 Å². The molecule has 1 aliphatic rings. The highest BCUT2D eigenvalue weighted by Gasteiger charge is 2.14. The molecule has 0 aromatic heterocycles. The fourth-order valence-electron chi connectivity index (χ4n) is 2.24. The summed E-state index contributed by atoms with van der Waals surface area (Å²) >= 11 is 0. The average Bonchev–Trinajstić information content (AvgIpc) is 2.51. The predicted octanol–water partition coefficient (Wildman–Crippen LogP) is 2.79. The van der Waals surface area contributed by atoms with E-state index in [1.807, 2.05) is 18.2 Å². The zero-order valence-corrected chi connectivity index (χ0v) is 12.9. The van der Waals surface area contributed by atoms with Crippen molar-refractivity contribution in [2.24, 2.45) is 0 Å². The molecule has 0 fully saturated rings. The molecular weight excluding hydrogens is 268 g/mol. The molecule has 0 radical (unpaired) electrons. The number of unbranched alkanes of at least 4 members (excludes halogenated alkanes) is 2. The third-order valence-corrected chi connectivity index (χ3v) is 3.43. The molecule has 1 aliphatic heterocycles. The highest BCUT2D eigenvalue weighted by Crippen LogP contribution is 2.30. The van der Waals surface area contributed by atoms with E-state index in [1.54, 1.807) is 11.9 Å². The van der Waals surface area contributed by atoms with Gasteiger partial charge in [0.1, 0.15) is 13.2 Å². The van der Waals surface area contributed by atoms with Crippen molar-refractivity contribution in [1.29, 1.82) is 0 Å². The minimum atomic E-state index is -0.0407. The molecule has 0 spiro atoms. The number of nitrogens with zero attached hydrogens (tertiary/aromatic N) is 1. The van der Waals surface area contributed by atoms with Gasteiger partial charge in [-0.3, -0.25) is 0 Å². The summed E-state index contributed by atoms with van der Waals surface area (Å²) in [6, 6.07) is 5.77. The summed E-state index contributed by atoms with van der Waals surface area (Å²) in [5.74, 6) is 1.53. The number of fused-ring (bicyclic) bond motifs is 1. The number of amides is 2. The first-order valence-electron chi connectivity index (χ1n) is 7.58. The number of hydrogen-bond acceptors (Lipinski definition) is 3.